The molecular weight excluding hydrogens is 508 g/mol. The molecule has 0 aliphatic heterocycles. The van der Waals surface area contributed by atoms with Gasteiger partial charge in [0, 0.05) is 0 Å². The molecule has 11 nitrogen and oxygen atoms in total. The zero-order chi connectivity index (χ0) is 27.1. The first-order chi connectivity index (χ1) is 17.1. The van der Waals surface area contributed by atoms with Crippen LogP contribution < -0.4 is 21.7 Å². The topological polar surface area (TPSA) is 188 Å². The molecule has 0 aromatic heterocycles. The molecule has 3 amide bonds. The molecule has 0 spiro atoms. The van der Waals surface area contributed by atoms with E-state index in [1.165, 1.54) is 23.5 Å². The first-order valence-electron chi connectivity index (χ1n) is 11.2. The number of nitrogens with two attached hydrogens (primary N) is 1. The summed E-state index contributed by atoms with van der Waals surface area (Å²) in [5, 5.41) is 25.9. The number of carboxylic acid groups (broad SMARTS) is 2. The largest absolute Gasteiger partial charge is 0.481 e. The molecular formula is C23H34N4O7S2. The fraction of sp³-hybridized carbons (Fsp3) is 0.522. The van der Waals surface area contributed by atoms with Gasteiger partial charge in [0.25, 0.3) is 0 Å². The van der Waals surface area contributed by atoms with Gasteiger partial charge in [-0.3, -0.25) is 19.2 Å². The van der Waals surface area contributed by atoms with Gasteiger partial charge < -0.3 is 31.9 Å². The van der Waals surface area contributed by atoms with Crippen LogP contribution in [0.15, 0.2) is 30.3 Å². The number of amides is 3. The minimum absolute atomic E-state index is 0.175. The molecule has 0 saturated heterocycles. The number of rotatable bonds is 17. The number of carbonyl (C=O) groups is 5. The van der Waals surface area contributed by atoms with Crippen LogP contribution in [0, 0.1) is 0 Å². The molecule has 1 rings (SSSR count). The molecule has 200 valence electrons. The summed E-state index contributed by atoms with van der Waals surface area (Å²) in [5.41, 5.74) is 6.75. The smallest absolute Gasteiger partial charge is 0.326 e. The molecule has 0 aliphatic carbocycles. The monoisotopic (exact) mass is 542 g/mol. The minimum Gasteiger partial charge on any atom is -0.481 e. The molecule has 0 aliphatic rings. The molecule has 4 unspecified atom stereocenters. The van der Waals surface area contributed by atoms with Gasteiger partial charge in [-0.25, -0.2) is 4.79 Å². The van der Waals surface area contributed by atoms with Crippen molar-refractivity contribution < 1.29 is 34.2 Å². The fourth-order valence-corrected chi connectivity index (χ4v) is 4.11. The van der Waals surface area contributed by atoms with E-state index in [0.717, 1.165) is 5.56 Å². The van der Waals surface area contributed by atoms with Crippen molar-refractivity contribution in [1.29, 1.82) is 0 Å². The van der Waals surface area contributed by atoms with E-state index in [2.05, 4.69) is 16.0 Å². The lowest BCUT2D eigenvalue weighted by molar-refractivity contribution is -0.143. The molecule has 1 aromatic carbocycles. The van der Waals surface area contributed by atoms with Gasteiger partial charge in [0.1, 0.15) is 18.1 Å². The van der Waals surface area contributed by atoms with Crippen molar-refractivity contribution in [1.82, 2.24) is 16.0 Å². The molecule has 36 heavy (non-hydrogen) atoms. The van der Waals surface area contributed by atoms with Crippen molar-refractivity contribution in [3.05, 3.63) is 35.9 Å². The lowest BCUT2D eigenvalue weighted by atomic mass is 10.0. The number of hydrogen-bond acceptors (Lipinski definition) is 8. The van der Waals surface area contributed by atoms with Gasteiger partial charge in [-0.1, -0.05) is 30.3 Å². The van der Waals surface area contributed by atoms with Crippen LogP contribution in [-0.2, 0) is 30.4 Å². The summed E-state index contributed by atoms with van der Waals surface area (Å²) in [6.45, 7) is 0. The molecule has 0 bridgehead atoms. The van der Waals surface area contributed by atoms with E-state index in [0.29, 0.717) is 11.5 Å². The molecule has 0 fully saturated rings. The molecule has 0 radical (unpaired) electrons. The van der Waals surface area contributed by atoms with Gasteiger partial charge in [-0.05, 0) is 48.8 Å². The van der Waals surface area contributed by atoms with Gasteiger partial charge in [0.15, 0.2) is 0 Å². The Hall–Kier alpha value is -2.77. The summed E-state index contributed by atoms with van der Waals surface area (Å²) in [4.78, 5) is 61.2. The third kappa shape index (κ3) is 11.8. The number of nitrogens with one attached hydrogen (secondary N) is 3. The average Bonchev–Trinajstić information content (AvgIpc) is 2.83. The van der Waals surface area contributed by atoms with E-state index >= 15 is 0 Å². The molecule has 0 saturated carbocycles. The van der Waals surface area contributed by atoms with Crippen LogP contribution in [0.5, 0.6) is 0 Å². The van der Waals surface area contributed by atoms with Gasteiger partial charge in [0.05, 0.1) is 12.5 Å². The maximum atomic E-state index is 12.9. The van der Waals surface area contributed by atoms with E-state index < -0.39 is 60.2 Å². The second-order valence-electron chi connectivity index (χ2n) is 7.98. The molecule has 4 atom stereocenters. The number of carboxylic acids is 2. The number of hydrogen-bond donors (Lipinski definition) is 6. The lowest BCUT2D eigenvalue weighted by Crippen LogP contribution is -2.57. The van der Waals surface area contributed by atoms with Crippen LogP contribution in [0.2, 0.25) is 0 Å². The van der Waals surface area contributed by atoms with E-state index in [-0.39, 0.29) is 19.3 Å². The Morgan fingerprint density at radius 3 is 1.83 bits per heavy atom. The zero-order valence-corrected chi connectivity index (χ0v) is 21.9. The average molecular weight is 543 g/mol. The summed E-state index contributed by atoms with van der Waals surface area (Å²) in [5.74, 6) is -3.85. The van der Waals surface area contributed by atoms with Crippen LogP contribution in [0.1, 0.15) is 24.8 Å². The standard InChI is InChI=1S/C23H34N4O7S2/c1-35-10-8-16(21(31)26-17(23(33)34)9-11-36-2)25-22(32)18(13-19(28)29)27-20(30)15(24)12-14-6-4-3-5-7-14/h3-7,15-18H,8-13,24H2,1-2H3,(H,25,32)(H,26,31)(H,27,30)(H,28,29)(H,33,34). The quantitative estimate of drug-likeness (QED) is 0.157. The van der Waals surface area contributed by atoms with Gasteiger partial charge >= 0.3 is 11.9 Å². The highest BCUT2D eigenvalue weighted by Gasteiger charge is 2.31. The van der Waals surface area contributed by atoms with E-state index in [4.69, 9.17) is 5.73 Å². The zero-order valence-electron chi connectivity index (χ0n) is 20.3. The predicted octanol–water partition coefficient (Wildman–Crippen LogP) is 0.0763. The third-order valence-corrected chi connectivity index (χ3v) is 6.40. The highest BCUT2D eigenvalue weighted by atomic mass is 32.2. The summed E-state index contributed by atoms with van der Waals surface area (Å²) < 4.78 is 0. The molecule has 0 heterocycles. The Morgan fingerprint density at radius 1 is 0.806 bits per heavy atom. The number of benzene rings is 1. The maximum absolute atomic E-state index is 12.9. The van der Waals surface area contributed by atoms with Gasteiger partial charge in [-0.15, -0.1) is 0 Å². The second-order valence-corrected chi connectivity index (χ2v) is 9.95. The number of thioether (sulfide) groups is 2. The van der Waals surface area contributed by atoms with Crippen molar-refractivity contribution >= 4 is 53.2 Å². The van der Waals surface area contributed by atoms with Crippen LogP contribution in [0.25, 0.3) is 0 Å². The first-order valence-corrected chi connectivity index (χ1v) is 14.0. The van der Waals surface area contributed by atoms with Crippen LogP contribution in [-0.4, -0.2) is 88.1 Å². The Kier molecular flexibility index (Phi) is 14.6. The normalized spacial score (nSPS) is 14.1. The van der Waals surface area contributed by atoms with Crippen LogP contribution >= 0.6 is 23.5 Å². The summed E-state index contributed by atoms with van der Waals surface area (Å²) in [6, 6.07) is 4.20. The molecule has 7 N–H and O–H groups in total. The minimum atomic E-state index is -1.48. The van der Waals surface area contributed by atoms with Crippen molar-refractivity contribution in [2.45, 2.75) is 49.9 Å². The first kappa shape index (κ1) is 31.3. The SMILES string of the molecule is CSCCC(NC(=O)C(CCSC)NC(=O)C(CC(=O)O)NC(=O)C(N)Cc1ccccc1)C(=O)O. The highest BCUT2D eigenvalue weighted by molar-refractivity contribution is 7.98. The predicted molar refractivity (Wildman–Crippen MR) is 140 cm³/mol. The van der Waals surface area contributed by atoms with E-state index in [1.54, 1.807) is 30.5 Å². The Morgan fingerprint density at radius 2 is 1.31 bits per heavy atom. The molecule has 13 heteroatoms. The van der Waals surface area contributed by atoms with Crippen LogP contribution in [0.4, 0.5) is 0 Å². The summed E-state index contributed by atoms with van der Waals surface area (Å²) in [6.07, 6.45) is 3.44. The Labute approximate surface area is 218 Å². The van der Waals surface area contributed by atoms with Crippen molar-refractivity contribution in [2.75, 3.05) is 24.0 Å². The lowest BCUT2D eigenvalue weighted by Gasteiger charge is -2.24. The summed E-state index contributed by atoms with van der Waals surface area (Å²) in [7, 11) is 0. The van der Waals surface area contributed by atoms with Gasteiger partial charge in [-0.2, -0.15) is 23.5 Å². The fourth-order valence-electron chi connectivity index (χ4n) is 3.17. The van der Waals surface area contributed by atoms with Crippen LogP contribution in [0.3, 0.4) is 0 Å². The van der Waals surface area contributed by atoms with E-state index in [1.807, 2.05) is 12.3 Å². The third-order valence-electron chi connectivity index (χ3n) is 5.12. The van der Waals surface area contributed by atoms with Crippen molar-refractivity contribution in [3.63, 3.8) is 0 Å². The Bertz CT molecular complexity index is 888. The Balaban J connectivity index is 2.93. The number of carbonyl (C=O) groups excluding carboxylic acids is 3. The second kappa shape index (κ2) is 16.8. The van der Waals surface area contributed by atoms with Crippen molar-refractivity contribution in [2.24, 2.45) is 5.73 Å². The highest BCUT2D eigenvalue weighted by Crippen LogP contribution is 2.07. The molecule has 1 aromatic rings. The maximum Gasteiger partial charge on any atom is 0.326 e. The number of aliphatic carboxylic acids is 2. The van der Waals surface area contributed by atoms with E-state index in [9.17, 15) is 34.2 Å². The van der Waals surface area contributed by atoms with Crippen molar-refractivity contribution in [3.8, 4) is 0 Å². The summed E-state index contributed by atoms with van der Waals surface area (Å²) >= 11 is 2.85. The van der Waals surface area contributed by atoms with Gasteiger partial charge in [0.2, 0.25) is 17.7 Å².